The summed E-state index contributed by atoms with van der Waals surface area (Å²) < 4.78 is 0. The highest BCUT2D eigenvalue weighted by molar-refractivity contribution is 5.82. The lowest BCUT2D eigenvalue weighted by Crippen LogP contribution is -2.29. The third-order valence-electron chi connectivity index (χ3n) is 3.66. The van der Waals surface area contributed by atoms with Crippen molar-refractivity contribution in [1.29, 1.82) is 0 Å². The van der Waals surface area contributed by atoms with Gasteiger partial charge in [-0.05, 0) is 43.5 Å². The van der Waals surface area contributed by atoms with Crippen LogP contribution in [0.3, 0.4) is 0 Å². The number of anilines is 1. The molecule has 0 amide bonds. The Labute approximate surface area is 108 Å². The molecule has 3 nitrogen and oxygen atoms in total. The quantitative estimate of drug-likeness (QED) is 0.879. The molecule has 94 valence electrons. The summed E-state index contributed by atoms with van der Waals surface area (Å²) in [5, 5.41) is 1.20. The maximum absolute atomic E-state index is 5.62. The molecule has 1 aromatic carbocycles. The molecule has 1 aromatic heterocycles. The number of fused-ring (bicyclic) bond motifs is 1. The number of nitrogens with zero attached hydrogens (tertiary/aromatic N) is 2. The molecule has 2 N–H and O–H groups in total. The van der Waals surface area contributed by atoms with Crippen LogP contribution in [0.1, 0.15) is 25.0 Å². The second-order valence-electron chi connectivity index (χ2n) is 4.93. The Balaban J connectivity index is 1.95. The number of pyridine rings is 1. The van der Waals surface area contributed by atoms with Gasteiger partial charge in [-0.3, -0.25) is 4.98 Å². The van der Waals surface area contributed by atoms with Crippen LogP contribution in [-0.2, 0) is 6.54 Å². The Morgan fingerprint density at radius 3 is 2.67 bits per heavy atom. The third kappa shape index (κ3) is 2.18. The van der Waals surface area contributed by atoms with Gasteiger partial charge in [0, 0.05) is 30.7 Å². The first-order valence-electron chi connectivity index (χ1n) is 6.71. The van der Waals surface area contributed by atoms with E-state index in [1.165, 1.54) is 43.4 Å². The minimum Gasteiger partial charge on any atom is -0.372 e. The molecule has 1 aliphatic rings. The first kappa shape index (κ1) is 11.5. The van der Waals surface area contributed by atoms with Crippen LogP contribution >= 0.6 is 0 Å². The Kier molecular flexibility index (Phi) is 3.15. The molecule has 0 unspecified atom stereocenters. The van der Waals surface area contributed by atoms with Crippen molar-refractivity contribution in [2.75, 3.05) is 18.0 Å². The summed E-state index contributed by atoms with van der Waals surface area (Å²) in [6.45, 7) is 2.86. The Bertz CT molecular complexity index is 544. The molecule has 0 saturated carbocycles. The molecule has 2 heterocycles. The maximum atomic E-state index is 5.62. The van der Waals surface area contributed by atoms with Crippen molar-refractivity contribution in [2.45, 2.75) is 25.8 Å². The van der Waals surface area contributed by atoms with Crippen molar-refractivity contribution in [3.8, 4) is 0 Å². The fraction of sp³-hybridized carbons (Fsp3) is 0.400. The fourth-order valence-electron chi connectivity index (χ4n) is 2.62. The van der Waals surface area contributed by atoms with E-state index in [1.54, 1.807) is 0 Å². The molecule has 2 aromatic rings. The summed E-state index contributed by atoms with van der Waals surface area (Å²) in [6.07, 6.45) is 3.98. The standard InChI is InChI=1S/C15H19N3/c16-11-13-5-4-12-10-14(6-7-15(12)17-13)18-8-2-1-3-9-18/h4-7,10H,1-3,8-9,11,16H2. The SMILES string of the molecule is NCc1ccc2cc(N3CCCCC3)ccc2n1. The summed E-state index contributed by atoms with van der Waals surface area (Å²) in [5.41, 5.74) is 8.93. The molecule has 3 heteroatoms. The summed E-state index contributed by atoms with van der Waals surface area (Å²) in [6, 6.07) is 10.7. The van der Waals surface area contributed by atoms with Gasteiger partial charge in [0.15, 0.2) is 0 Å². The van der Waals surface area contributed by atoms with E-state index in [-0.39, 0.29) is 0 Å². The molecule has 0 radical (unpaired) electrons. The number of piperidine rings is 1. The van der Waals surface area contributed by atoms with Gasteiger partial charge in [0.1, 0.15) is 0 Å². The first-order chi connectivity index (χ1) is 8.86. The monoisotopic (exact) mass is 241 g/mol. The minimum absolute atomic E-state index is 0.504. The second-order valence-corrected chi connectivity index (χ2v) is 4.93. The Morgan fingerprint density at radius 2 is 1.89 bits per heavy atom. The molecule has 1 saturated heterocycles. The first-order valence-corrected chi connectivity index (χ1v) is 6.71. The van der Waals surface area contributed by atoms with Gasteiger partial charge in [0.05, 0.1) is 11.2 Å². The third-order valence-corrected chi connectivity index (χ3v) is 3.66. The molecule has 0 aliphatic carbocycles. The smallest absolute Gasteiger partial charge is 0.0707 e. The predicted molar refractivity (Wildman–Crippen MR) is 75.7 cm³/mol. The zero-order valence-corrected chi connectivity index (χ0v) is 10.6. The van der Waals surface area contributed by atoms with Crippen molar-refractivity contribution in [2.24, 2.45) is 5.73 Å². The van der Waals surface area contributed by atoms with Gasteiger partial charge in [0.2, 0.25) is 0 Å². The largest absolute Gasteiger partial charge is 0.372 e. The summed E-state index contributed by atoms with van der Waals surface area (Å²) in [7, 11) is 0. The van der Waals surface area contributed by atoms with Gasteiger partial charge in [-0.1, -0.05) is 6.07 Å². The Morgan fingerprint density at radius 1 is 1.06 bits per heavy atom. The lowest BCUT2D eigenvalue weighted by Gasteiger charge is -2.29. The Hall–Kier alpha value is -1.61. The van der Waals surface area contributed by atoms with Gasteiger partial charge in [0.25, 0.3) is 0 Å². The number of hydrogen-bond donors (Lipinski definition) is 1. The summed E-state index contributed by atoms with van der Waals surface area (Å²) >= 11 is 0. The van der Waals surface area contributed by atoms with Crippen LogP contribution in [0, 0.1) is 0 Å². The van der Waals surface area contributed by atoms with Gasteiger partial charge >= 0.3 is 0 Å². The van der Waals surface area contributed by atoms with E-state index in [9.17, 15) is 0 Å². The van der Waals surface area contributed by atoms with Crippen molar-refractivity contribution in [1.82, 2.24) is 4.98 Å². The van der Waals surface area contributed by atoms with E-state index in [0.717, 1.165) is 11.2 Å². The van der Waals surface area contributed by atoms with E-state index < -0.39 is 0 Å². The number of hydrogen-bond acceptors (Lipinski definition) is 3. The second kappa shape index (κ2) is 4.94. The van der Waals surface area contributed by atoms with Crippen LogP contribution in [0.4, 0.5) is 5.69 Å². The van der Waals surface area contributed by atoms with Crippen molar-refractivity contribution in [3.63, 3.8) is 0 Å². The zero-order chi connectivity index (χ0) is 12.4. The zero-order valence-electron chi connectivity index (χ0n) is 10.6. The average molecular weight is 241 g/mol. The highest BCUT2D eigenvalue weighted by Gasteiger charge is 2.11. The van der Waals surface area contributed by atoms with Gasteiger partial charge in [-0.2, -0.15) is 0 Å². The van der Waals surface area contributed by atoms with Crippen LogP contribution in [0.2, 0.25) is 0 Å². The molecule has 1 fully saturated rings. The van der Waals surface area contributed by atoms with Crippen LogP contribution < -0.4 is 10.6 Å². The van der Waals surface area contributed by atoms with E-state index >= 15 is 0 Å². The van der Waals surface area contributed by atoms with Gasteiger partial charge < -0.3 is 10.6 Å². The van der Waals surface area contributed by atoms with E-state index in [4.69, 9.17) is 5.73 Å². The maximum Gasteiger partial charge on any atom is 0.0707 e. The van der Waals surface area contributed by atoms with Crippen molar-refractivity contribution in [3.05, 3.63) is 36.0 Å². The lowest BCUT2D eigenvalue weighted by atomic mass is 10.1. The normalized spacial score (nSPS) is 16.2. The predicted octanol–water partition coefficient (Wildman–Crippen LogP) is 2.68. The summed E-state index contributed by atoms with van der Waals surface area (Å²) in [5.74, 6) is 0. The molecular weight excluding hydrogens is 222 g/mol. The average Bonchev–Trinajstić information content (AvgIpc) is 2.47. The highest BCUT2D eigenvalue weighted by Crippen LogP contribution is 2.24. The van der Waals surface area contributed by atoms with Crippen LogP contribution in [0.15, 0.2) is 30.3 Å². The van der Waals surface area contributed by atoms with Crippen LogP contribution in [-0.4, -0.2) is 18.1 Å². The van der Waals surface area contributed by atoms with Crippen molar-refractivity contribution < 1.29 is 0 Å². The fourth-order valence-corrected chi connectivity index (χ4v) is 2.62. The van der Waals surface area contributed by atoms with E-state index in [0.29, 0.717) is 6.54 Å². The number of nitrogens with two attached hydrogens (primary N) is 1. The van der Waals surface area contributed by atoms with Crippen molar-refractivity contribution >= 4 is 16.6 Å². The molecule has 3 rings (SSSR count). The van der Waals surface area contributed by atoms with Gasteiger partial charge in [-0.25, -0.2) is 0 Å². The van der Waals surface area contributed by atoms with Crippen LogP contribution in [0.5, 0.6) is 0 Å². The molecule has 1 aliphatic heterocycles. The molecule has 18 heavy (non-hydrogen) atoms. The van der Waals surface area contributed by atoms with E-state index in [1.807, 2.05) is 6.07 Å². The number of aromatic nitrogens is 1. The minimum atomic E-state index is 0.504. The topological polar surface area (TPSA) is 42.1 Å². The van der Waals surface area contributed by atoms with E-state index in [2.05, 4.69) is 34.1 Å². The molecular formula is C15H19N3. The van der Waals surface area contributed by atoms with Crippen LogP contribution in [0.25, 0.3) is 10.9 Å². The lowest BCUT2D eigenvalue weighted by molar-refractivity contribution is 0.578. The highest BCUT2D eigenvalue weighted by atomic mass is 15.1. The molecule has 0 spiro atoms. The molecule has 0 atom stereocenters. The summed E-state index contributed by atoms with van der Waals surface area (Å²) in [4.78, 5) is 7.01. The number of benzene rings is 1. The van der Waals surface area contributed by atoms with Gasteiger partial charge in [-0.15, -0.1) is 0 Å². The number of rotatable bonds is 2. The molecule has 0 bridgehead atoms.